The van der Waals surface area contributed by atoms with E-state index in [9.17, 15) is 4.79 Å². The van der Waals surface area contributed by atoms with Crippen molar-refractivity contribution < 1.29 is 14.1 Å². The zero-order valence-corrected chi connectivity index (χ0v) is 15.6. The van der Waals surface area contributed by atoms with E-state index in [1.165, 1.54) is 0 Å². The van der Waals surface area contributed by atoms with E-state index in [1.54, 1.807) is 6.92 Å². The summed E-state index contributed by atoms with van der Waals surface area (Å²) in [6.07, 6.45) is 4.64. The molecule has 2 bridgehead atoms. The summed E-state index contributed by atoms with van der Waals surface area (Å²) < 4.78 is 10.6. The Morgan fingerprint density at radius 3 is 2.78 bits per heavy atom. The van der Waals surface area contributed by atoms with E-state index in [-0.39, 0.29) is 18.0 Å². The van der Waals surface area contributed by atoms with Crippen molar-refractivity contribution in [3.05, 3.63) is 34.5 Å². The Labute approximate surface area is 157 Å². The molecule has 0 aliphatic carbocycles. The molecule has 5 heterocycles. The smallest absolute Gasteiger partial charge is 0.260 e. The molecule has 0 N–H and O–H groups in total. The van der Waals surface area contributed by atoms with Gasteiger partial charge in [-0.1, -0.05) is 5.16 Å². The number of rotatable bonds is 2. The average Bonchev–Trinajstić information content (AvgIpc) is 3.19. The minimum atomic E-state index is 0.0154. The Hall–Kier alpha value is -2.48. The van der Waals surface area contributed by atoms with Gasteiger partial charge in [0.1, 0.15) is 11.3 Å². The molecule has 27 heavy (non-hydrogen) atoms. The van der Waals surface area contributed by atoms with Crippen LogP contribution in [-0.2, 0) is 11.2 Å². The molecule has 2 aromatic heterocycles. The van der Waals surface area contributed by atoms with Crippen LogP contribution in [0.5, 0.6) is 0 Å². The summed E-state index contributed by atoms with van der Waals surface area (Å²) in [6, 6.07) is 0.217. The standard InChI is InChI=1S/C19H23N5O3/c1-11-17(12(2)27-22-11)18(25)24-13-3-4-16(24)14-10-20-19(21-15(14)9-13)23-5-7-26-8-6-23/h10,13,16H,3-9H2,1-2H3. The zero-order chi connectivity index (χ0) is 18.5. The number of aryl methyl sites for hydroxylation is 2. The molecule has 0 radical (unpaired) electrons. The molecule has 8 nitrogen and oxygen atoms in total. The highest BCUT2D eigenvalue weighted by Crippen LogP contribution is 2.44. The number of aromatic nitrogens is 3. The lowest BCUT2D eigenvalue weighted by Crippen LogP contribution is -2.43. The van der Waals surface area contributed by atoms with Gasteiger partial charge in [0.15, 0.2) is 0 Å². The van der Waals surface area contributed by atoms with Gasteiger partial charge in [-0.2, -0.15) is 0 Å². The molecular formula is C19H23N5O3. The van der Waals surface area contributed by atoms with Gasteiger partial charge in [0.2, 0.25) is 5.95 Å². The van der Waals surface area contributed by atoms with Crippen molar-refractivity contribution in [1.82, 2.24) is 20.0 Å². The van der Waals surface area contributed by atoms with E-state index in [1.807, 2.05) is 18.0 Å². The molecule has 2 aromatic rings. The Kier molecular flexibility index (Phi) is 3.89. The molecule has 5 rings (SSSR count). The fraction of sp³-hybridized carbons (Fsp3) is 0.579. The van der Waals surface area contributed by atoms with Crippen LogP contribution in [-0.4, -0.2) is 58.3 Å². The number of fused-ring (bicyclic) bond motifs is 4. The van der Waals surface area contributed by atoms with Gasteiger partial charge in [0.25, 0.3) is 5.91 Å². The van der Waals surface area contributed by atoms with Crippen LogP contribution < -0.4 is 4.90 Å². The van der Waals surface area contributed by atoms with Crippen LogP contribution in [0.3, 0.4) is 0 Å². The average molecular weight is 369 g/mol. The summed E-state index contributed by atoms with van der Waals surface area (Å²) in [4.78, 5) is 26.9. The highest BCUT2D eigenvalue weighted by atomic mass is 16.5. The summed E-state index contributed by atoms with van der Waals surface area (Å²) in [7, 11) is 0. The number of nitrogens with zero attached hydrogens (tertiary/aromatic N) is 5. The molecule has 2 saturated heterocycles. The Bertz CT molecular complexity index is 870. The summed E-state index contributed by atoms with van der Waals surface area (Å²) in [5.41, 5.74) is 3.42. The Balaban J connectivity index is 1.46. The van der Waals surface area contributed by atoms with Crippen molar-refractivity contribution in [2.24, 2.45) is 0 Å². The third-order valence-electron chi connectivity index (χ3n) is 5.95. The van der Waals surface area contributed by atoms with Gasteiger partial charge >= 0.3 is 0 Å². The molecule has 3 aliphatic heterocycles. The minimum absolute atomic E-state index is 0.0154. The number of morpholine rings is 1. The monoisotopic (exact) mass is 369 g/mol. The quantitative estimate of drug-likeness (QED) is 0.798. The van der Waals surface area contributed by atoms with Crippen molar-refractivity contribution in [3.8, 4) is 0 Å². The summed E-state index contributed by atoms with van der Waals surface area (Å²) in [5, 5.41) is 3.95. The second-order valence-corrected chi connectivity index (χ2v) is 7.53. The summed E-state index contributed by atoms with van der Waals surface area (Å²) in [6.45, 7) is 6.69. The summed E-state index contributed by atoms with van der Waals surface area (Å²) in [5.74, 6) is 1.38. The Morgan fingerprint density at radius 1 is 1.22 bits per heavy atom. The lowest BCUT2D eigenvalue weighted by Gasteiger charge is -2.36. The first-order chi connectivity index (χ1) is 13.1. The molecule has 0 saturated carbocycles. The third-order valence-corrected chi connectivity index (χ3v) is 5.95. The van der Waals surface area contributed by atoms with Crippen molar-refractivity contribution in [3.63, 3.8) is 0 Å². The number of carbonyl (C=O) groups is 1. The van der Waals surface area contributed by atoms with Crippen LogP contribution in [0.15, 0.2) is 10.7 Å². The molecule has 2 unspecified atom stereocenters. The van der Waals surface area contributed by atoms with Gasteiger partial charge in [0, 0.05) is 37.3 Å². The van der Waals surface area contributed by atoms with Crippen LogP contribution >= 0.6 is 0 Å². The maximum Gasteiger partial charge on any atom is 0.260 e. The number of amides is 1. The van der Waals surface area contributed by atoms with Crippen LogP contribution in [0.25, 0.3) is 0 Å². The van der Waals surface area contributed by atoms with E-state index in [0.29, 0.717) is 30.2 Å². The van der Waals surface area contributed by atoms with E-state index in [2.05, 4.69) is 15.0 Å². The van der Waals surface area contributed by atoms with Gasteiger partial charge in [-0.15, -0.1) is 0 Å². The highest BCUT2D eigenvalue weighted by molar-refractivity contribution is 5.97. The van der Waals surface area contributed by atoms with Crippen LogP contribution in [0.2, 0.25) is 0 Å². The van der Waals surface area contributed by atoms with E-state index in [4.69, 9.17) is 14.2 Å². The fourth-order valence-corrected chi connectivity index (χ4v) is 4.61. The second-order valence-electron chi connectivity index (χ2n) is 7.53. The van der Waals surface area contributed by atoms with Gasteiger partial charge in [-0.3, -0.25) is 4.79 Å². The lowest BCUT2D eigenvalue weighted by molar-refractivity contribution is 0.0641. The number of hydrogen-bond donors (Lipinski definition) is 0. The van der Waals surface area contributed by atoms with Crippen molar-refractivity contribution in [1.29, 1.82) is 0 Å². The second kappa shape index (κ2) is 6.30. The first kappa shape index (κ1) is 16.7. The predicted octanol–water partition coefficient (Wildman–Crippen LogP) is 1.82. The lowest BCUT2D eigenvalue weighted by atomic mass is 9.98. The number of carbonyl (C=O) groups excluding carboxylic acids is 1. The molecule has 3 aliphatic rings. The third kappa shape index (κ3) is 2.62. The van der Waals surface area contributed by atoms with Gasteiger partial charge in [-0.25, -0.2) is 9.97 Å². The van der Waals surface area contributed by atoms with Crippen molar-refractivity contribution in [2.75, 3.05) is 31.2 Å². The van der Waals surface area contributed by atoms with E-state index < -0.39 is 0 Å². The molecule has 1 amide bonds. The molecular weight excluding hydrogens is 346 g/mol. The first-order valence-corrected chi connectivity index (χ1v) is 9.57. The maximum absolute atomic E-state index is 13.3. The Morgan fingerprint density at radius 2 is 2.04 bits per heavy atom. The number of anilines is 1. The largest absolute Gasteiger partial charge is 0.378 e. The molecule has 0 spiro atoms. The van der Waals surface area contributed by atoms with Gasteiger partial charge < -0.3 is 19.1 Å². The number of hydrogen-bond acceptors (Lipinski definition) is 7. The molecule has 2 atom stereocenters. The minimum Gasteiger partial charge on any atom is -0.378 e. The fourth-order valence-electron chi connectivity index (χ4n) is 4.61. The van der Waals surface area contributed by atoms with Crippen LogP contribution in [0, 0.1) is 13.8 Å². The summed E-state index contributed by atoms with van der Waals surface area (Å²) >= 11 is 0. The van der Waals surface area contributed by atoms with Crippen LogP contribution in [0.1, 0.15) is 52.0 Å². The highest BCUT2D eigenvalue weighted by Gasteiger charge is 2.45. The maximum atomic E-state index is 13.3. The van der Waals surface area contributed by atoms with Gasteiger partial charge in [0.05, 0.1) is 30.6 Å². The van der Waals surface area contributed by atoms with Crippen LogP contribution in [0.4, 0.5) is 5.95 Å². The van der Waals surface area contributed by atoms with Gasteiger partial charge in [-0.05, 0) is 26.7 Å². The van der Waals surface area contributed by atoms with Crippen molar-refractivity contribution in [2.45, 2.75) is 45.2 Å². The normalized spacial score (nSPS) is 24.2. The SMILES string of the molecule is Cc1noc(C)c1C(=O)N1C2CCC1c1cnc(N3CCOCC3)nc1C2. The van der Waals surface area contributed by atoms with Crippen molar-refractivity contribution >= 4 is 11.9 Å². The molecule has 142 valence electrons. The molecule has 8 heteroatoms. The van der Waals surface area contributed by atoms with E-state index >= 15 is 0 Å². The zero-order valence-electron chi connectivity index (χ0n) is 15.6. The molecule has 0 aromatic carbocycles. The number of ether oxygens (including phenoxy) is 1. The predicted molar refractivity (Wildman–Crippen MR) is 96.7 cm³/mol. The first-order valence-electron chi connectivity index (χ1n) is 9.57. The topological polar surface area (TPSA) is 84.6 Å². The van der Waals surface area contributed by atoms with E-state index in [0.717, 1.165) is 49.6 Å². The molecule has 2 fully saturated rings.